The molecule has 61 heavy (non-hydrogen) atoms. The molecule has 2 nitrogen and oxygen atoms in total. The van der Waals surface area contributed by atoms with Crippen LogP contribution in [0.5, 0.6) is 0 Å². The summed E-state index contributed by atoms with van der Waals surface area (Å²) in [6.45, 7) is 0. The fourth-order valence-corrected chi connectivity index (χ4v) is 11.7. The number of rotatable bonds is 7. The van der Waals surface area contributed by atoms with E-state index in [4.69, 9.17) is 0 Å². The van der Waals surface area contributed by atoms with Gasteiger partial charge in [-0.2, -0.15) is 0 Å². The van der Waals surface area contributed by atoms with Crippen molar-refractivity contribution >= 4 is 81.1 Å². The van der Waals surface area contributed by atoms with Crippen molar-refractivity contribution in [2.75, 3.05) is 4.90 Å². The highest BCUT2D eigenvalue weighted by Gasteiger charge is 2.25. The Labute approximate surface area is 360 Å². The SMILES string of the molecule is c1ccc(-n2c3ccccc3c3cccc(-c4ccc(N(c5ccccc5-c5cccc6cccc(C7CCCCC7)c56)c5cccc6c5sc5ccccc56)cc4)c32)cc1. The second-order valence-electron chi connectivity index (χ2n) is 16.6. The van der Waals surface area contributed by atoms with Crippen molar-refractivity contribution in [1.29, 1.82) is 0 Å². The number of aromatic nitrogens is 1. The zero-order valence-corrected chi connectivity index (χ0v) is 34.8. The number of thiophene rings is 1. The maximum absolute atomic E-state index is 2.53. The summed E-state index contributed by atoms with van der Waals surface area (Å²) in [6.07, 6.45) is 6.50. The summed E-state index contributed by atoms with van der Waals surface area (Å²) in [6, 6.07) is 74.4. The van der Waals surface area contributed by atoms with Crippen LogP contribution in [0.15, 0.2) is 200 Å². The van der Waals surface area contributed by atoms with Crippen LogP contribution in [0.25, 0.3) is 80.7 Å². The summed E-state index contributed by atoms with van der Waals surface area (Å²) >= 11 is 1.89. The number of nitrogens with zero attached hydrogens (tertiary/aromatic N) is 2. The second kappa shape index (κ2) is 15.0. The molecule has 1 aliphatic rings. The number of hydrogen-bond donors (Lipinski definition) is 0. The molecule has 0 N–H and O–H groups in total. The van der Waals surface area contributed by atoms with Gasteiger partial charge in [-0.05, 0) is 94.8 Å². The molecular weight excluding hydrogens is 757 g/mol. The minimum Gasteiger partial charge on any atom is -0.309 e. The molecule has 1 saturated carbocycles. The molecule has 12 rings (SSSR count). The highest BCUT2D eigenvalue weighted by molar-refractivity contribution is 7.26. The summed E-state index contributed by atoms with van der Waals surface area (Å²) < 4.78 is 5.03. The third-order valence-electron chi connectivity index (χ3n) is 13.2. The fourth-order valence-electron chi connectivity index (χ4n) is 10.4. The van der Waals surface area contributed by atoms with Crippen molar-refractivity contribution in [1.82, 2.24) is 4.57 Å². The topological polar surface area (TPSA) is 8.17 Å². The smallest absolute Gasteiger partial charge is 0.0640 e. The van der Waals surface area contributed by atoms with Gasteiger partial charge in [0, 0.05) is 48.7 Å². The predicted octanol–water partition coefficient (Wildman–Crippen LogP) is 17.2. The lowest BCUT2D eigenvalue weighted by atomic mass is 9.80. The van der Waals surface area contributed by atoms with Crippen molar-refractivity contribution < 1.29 is 0 Å². The van der Waals surface area contributed by atoms with E-state index in [2.05, 4.69) is 210 Å². The van der Waals surface area contributed by atoms with Gasteiger partial charge in [0.25, 0.3) is 0 Å². The van der Waals surface area contributed by atoms with E-state index in [0.29, 0.717) is 5.92 Å². The van der Waals surface area contributed by atoms with Crippen LogP contribution in [-0.2, 0) is 0 Å². The monoisotopic (exact) mass is 800 g/mol. The summed E-state index contributed by atoms with van der Waals surface area (Å²) in [7, 11) is 0. The Morgan fingerprint density at radius 1 is 0.459 bits per heavy atom. The van der Waals surface area contributed by atoms with Gasteiger partial charge < -0.3 is 9.47 Å². The van der Waals surface area contributed by atoms with Gasteiger partial charge in [-0.15, -0.1) is 11.3 Å². The summed E-state index contributed by atoms with van der Waals surface area (Å²) in [5.41, 5.74) is 13.6. The van der Waals surface area contributed by atoms with E-state index >= 15 is 0 Å². The molecule has 0 radical (unpaired) electrons. The molecular formula is C58H44N2S. The predicted molar refractivity (Wildman–Crippen MR) is 263 cm³/mol. The number of para-hydroxylation sites is 4. The van der Waals surface area contributed by atoms with Crippen LogP contribution in [0.4, 0.5) is 17.1 Å². The van der Waals surface area contributed by atoms with Crippen molar-refractivity contribution in [2.45, 2.75) is 38.0 Å². The van der Waals surface area contributed by atoms with Gasteiger partial charge in [0.2, 0.25) is 0 Å². The number of fused-ring (bicyclic) bond motifs is 7. The highest BCUT2D eigenvalue weighted by atomic mass is 32.1. The molecule has 0 amide bonds. The Morgan fingerprint density at radius 2 is 1.10 bits per heavy atom. The molecule has 0 spiro atoms. The minimum atomic E-state index is 0.590. The van der Waals surface area contributed by atoms with Crippen LogP contribution in [0.3, 0.4) is 0 Å². The first-order valence-electron chi connectivity index (χ1n) is 21.8. The number of hydrogen-bond acceptors (Lipinski definition) is 2. The molecule has 3 heteroatoms. The van der Waals surface area contributed by atoms with Crippen LogP contribution < -0.4 is 4.90 Å². The Morgan fingerprint density at radius 3 is 1.97 bits per heavy atom. The van der Waals surface area contributed by atoms with Crippen molar-refractivity contribution in [2.24, 2.45) is 0 Å². The molecule has 292 valence electrons. The van der Waals surface area contributed by atoms with E-state index < -0.39 is 0 Å². The molecule has 1 aliphatic carbocycles. The first-order chi connectivity index (χ1) is 30.3. The van der Waals surface area contributed by atoms with E-state index in [-0.39, 0.29) is 0 Å². The molecule has 11 aromatic rings. The summed E-state index contributed by atoms with van der Waals surface area (Å²) in [5, 5.41) is 7.85. The number of anilines is 3. The van der Waals surface area contributed by atoms with Gasteiger partial charge in [-0.3, -0.25) is 0 Å². The lowest BCUT2D eigenvalue weighted by Gasteiger charge is -2.29. The van der Waals surface area contributed by atoms with E-state index in [1.807, 2.05) is 11.3 Å². The van der Waals surface area contributed by atoms with E-state index in [0.717, 1.165) is 11.4 Å². The maximum atomic E-state index is 2.53. The second-order valence-corrected chi connectivity index (χ2v) is 17.7. The quantitative estimate of drug-likeness (QED) is 0.156. The summed E-state index contributed by atoms with van der Waals surface area (Å²) in [4.78, 5) is 2.53. The van der Waals surface area contributed by atoms with Gasteiger partial charge >= 0.3 is 0 Å². The lowest BCUT2D eigenvalue weighted by Crippen LogP contribution is -2.11. The van der Waals surface area contributed by atoms with Crippen LogP contribution in [0.1, 0.15) is 43.6 Å². The Hall–Kier alpha value is -6.94. The molecule has 0 bridgehead atoms. The molecule has 9 aromatic carbocycles. The van der Waals surface area contributed by atoms with Crippen molar-refractivity contribution in [3.8, 4) is 27.9 Å². The van der Waals surface area contributed by atoms with Crippen molar-refractivity contribution in [3.05, 3.63) is 206 Å². The molecule has 2 aromatic heterocycles. The van der Waals surface area contributed by atoms with Crippen LogP contribution >= 0.6 is 11.3 Å². The molecule has 2 heterocycles. The standard InChI is InChI=1S/C58H44N2S/c1-3-17-39(18-4-1)44-26-13-19-41-20-14-28-49(56(41)44)46-23-7-10-31-52(46)59(54-33-16-30-51-48-25-9-12-34-55(48)61-58(51)54)43-37-35-40(36-38-43)45-27-15-29-50-47-24-8-11-32-53(47)60(57(45)50)42-21-5-2-6-22-42/h2,5-16,19-39H,1,3-4,17-18H2. The van der Waals surface area contributed by atoms with E-state index in [1.165, 1.54) is 124 Å². The first-order valence-corrected chi connectivity index (χ1v) is 22.6. The first kappa shape index (κ1) is 36.0. The van der Waals surface area contributed by atoms with Crippen LogP contribution in [0.2, 0.25) is 0 Å². The highest BCUT2D eigenvalue weighted by Crippen LogP contribution is 2.49. The maximum Gasteiger partial charge on any atom is 0.0640 e. The number of benzene rings is 9. The molecule has 1 fully saturated rings. The third-order valence-corrected chi connectivity index (χ3v) is 14.4. The Bertz CT molecular complexity index is 3400. The average molecular weight is 801 g/mol. The van der Waals surface area contributed by atoms with Gasteiger partial charge in [0.1, 0.15) is 0 Å². The largest absolute Gasteiger partial charge is 0.309 e. The van der Waals surface area contributed by atoms with Crippen LogP contribution in [-0.4, -0.2) is 4.57 Å². The van der Waals surface area contributed by atoms with Crippen LogP contribution in [0, 0.1) is 0 Å². The molecule has 0 aliphatic heterocycles. The lowest BCUT2D eigenvalue weighted by molar-refractivity contribution is 0.445. The van der Waals surface area contributed by atoms with Gasteiger partial charge in [0.15, 0.2) is 0 Å². The Balaban J connectivity index is 1.08. The van der Waals surface area contributed by atoms with Gasteiger partial charge in [-0.1, -0.05) is 171 Å². The molecule has 0 unspecified atom stereocenters. The van der Waals surface area contributed by atoms with Gasteiger partial charge in [0.05, 0.1) is 27.1 Å². The third kappa shape index (κ3) is 5.98. The van der Waals surface area contributed by atoms with E-state index in [9.17, 15) is 0 Å². The minimum absolute atomic E-state index is 0.590. The molecule has 0 saturated heterocycles. The Kier molecular flexibility index (Phi) is 8.82. The average Bonchev–Trinajstić information content (AvgIpc) is 3.89. The van der Waals surface area contributed by atoms with Crippen molar-refractivity contribution in [3.63, 3.8) is 0 Å². The van der Waals surface area contributed by atoms with E-state index in [1.54, 1.807) is 0 Å². The van der Waals surface area contributed by atoms with Gasteiger partial charge in [-0.25, -0.2) is 0 Å². The molecule has 0 atom stereocenters. The zero-order chi connectivity index (χ0) is 40.3. The fraction of sp³-hybridized carbons (Fsp3) is 0.103. The normalized spacial score (nSPS) is 13.5. The zero-order valence-electron chi connectivity index (χ0n) is 34.0. The summed E-state index contributed by atoms with van der Waals surface area (Å²) in [5.74, 6) is 0.590.